The summed E-state index contributed by atoms with van der Waals surface area (Å²) in [5.41, 5.74) is 4.35. The molecule has 1 aliphatic heterocycles. The van der Waals surface area contributed by atoms with Crippen LogP contribution in [0, 0.1) is 12.7 Å². The second-order valence-electron chi connectivity index (χ2n) is 6.42. The number of halogens is 2. The molecule has 1 aliphatic rings. The third kappa shape index (κ3) is 3.43. The molecule has 6 nitrogen and oxygen atoms in total. The minimum absolute atomic E-state index is 0.159. The van der Waals surface area contributed by atoms with Crippen molar-refractivity contribution >= 4 is 17.5 Å². The van der Waals surface area contributed by atoms with Gasteiger partial charge >= 0.3 is 0 Å². The summed E-state index contributed by atoms with van der Waals surface area (Å²) >= 11 is 5.78. The van der Waals surface area contributed by atoms with E-state index >= 15 is 0 Å². The van der Waals surface area contributed by atoms with Gasteiger partial charge in [0.2, 0.25) is 0 Å². The van der Waals surface area contributed by atoms with Crippen LogP contribution >= 0.6 is 11.6 Å². The Hall–Kier alpha value is -2.77. The zero-order valence-electron chi connectivity index (χ0n) is 14.6. The maximum absolute atomic E-state index is 14.1. The minimum Gasteiger partial charge on any atom is -0.347 e. The highest BCUT2D eigenvalue weighted by Crippen LogP contribution is 2.20. The monoisotopic (exact) mass is 385 g/mol. The van der Waals surface area contributed by atoms with Crippen molar-refractivity contribution in [1.82, 2.24) is 25.6 Å². The first-order chi connectivity index (χ1) is 13.0. The van der Waals surface area contributed by atoms with E-state index in [1.165, 1.54) is 27.9 Å². The van der Waals surface area contributed by atoms with Crippen molar-refractivity contribution in [1.29, 1.82) is 0 Å². The van der Waals surface area contributed by atoms with Crippen molar-refractivity contribution in [3.05, 3.63) is 75.3 Å². The summed E-state index contributed by atoms with van der Waals surface area (Å²) in [5.74, 6) is -0.888. The molecule has 2 aromatic carbocycles. The molecule has 2 N–H and O–H groups in total. The Bertz CT molecular complexity index is 1030. The number of fused-ring (bicyclic) bond motifs is 1. The third-order valence-corrected chi connectivity index (χ3v) is 4.84. The molecular weight excluding hydrogens is 369 g/mol. The lowest BCUT2D eigenvalue weighted by molar-refractivity contribution is 0.0945. The van der Waals surface area contributed by atoms with Crippen LogP contribution in [-0.4, -0.2) is 20.9 Å². The van der Waals surface area contributed by atoms with Gasteiger partial charge in [0.1, 0.15) is 11.5 Å². The number of aromatic nitrogens is 3. The molecule has 0 spiro atoms. The first kappa shape index (κ1) is 17.6. The number of hydrogen-bond donors (Lipinski definition) is 2. The lowest BCUT2D eigenvalue weighted by atomic mass is 10.1. The van der Waals surface area contributed by atoms with Gasteiger partial charge in [0, 0.05) is 24.7 Å². The van der Waals surface area contributed by atoms with E-state index < -0.39 is 5.82 Å². The van der Waals surface area contributed by atoms with E-state index in [-0.39, 0.29) is 22.3 Å². The molecule has 1 amide bonds. The van der Waals surface area contributed by atoms with Gasteiger partial charge in [0.15, 0.2) is 5.69 Å². The molecule has 0 aliphatic carbocycles. The number of carbonyl (C=O) groups excluding carboxylic acids is 1. The fourth-order valence-electron chi connectivity index (χ4n) is 3.14. The van der Waals surface area contributed by atoms with E-state index in [4.69, 9.17) is 11.6 Å². The summed E-state index contributed by atoms with van der Waals surface area (Å²) in [6.07, 6.45) is 0. The van der Waals surface area contributed by atoms with E-state index in [1.54, 1.807) is 13.0 Å². The number of rotatable bonds is 4. The zero-order chi connectivity index (χ0) is 19.0. The van der Waals surface area contributed by atoms with Crippen molar-refractivity contribution in [3.8, 4) is 5.69 Å². The summed E-state index contributed by atoms with van der Waals surface area (Å²) in [5, 5.41) is 14.3. The van der Waals surface area contributed by atoms with E-state index in [0.29, 0.717) is 12.2 Å². The van der Waals surface area contributed by atoms with Gasteiger partial charge in [-0.1, -0.05) is 35.0 Å². The number of amides is 1. The van der Waals surface area contributed by atoms with Crippen molar-refractivity contribution in [3.63, 3.8) is 0 Å². The molecule has 0 atom stereocenters. The van der Waals surface area contributed by atoms with E-state index in [0.717, 1.165) is 18.7 Å². The maximum atomic E-state index is 14.1. The van der Waals surface area contributed by atoms with Crippen LogP contribution in [0.5, 0.6) is 0 Å². The highest BCUT2D eigenvalue weighted by atomic mass is 35.5. The molecule has 4 rings (SSSR count). The number of benzene rings is 2. The largest absolute Gasteiger partial charge is 0.347 e. The van der Waals surface area contributed by atoms with Crippen molar-refractivity contribution in [2.75, 3.05) is 0 Å². The lowest BCUT2D eigenvalue weighted by Crippen LogP contribution is -2.24. The van der Waals surface area contributed by atoms with Gasteiger partial charge < -0.3 is 10.6 Å². The van der Waals surface area contributed by atoms with Crippen LogP contribution in [0.1, 0.15) is 32.9 Å². The van der Waals surface area contributed by atoms with E-state index in [9.17, 15) is 9.18 Å². The van der Waals surface area contributed by atoms with Gasteiger partial charge in [-0.05, 0) is 41.8 Å². The van der Waals surface area contributed by atoms with Crippen LogP contribution in [0.3, 0.4) is 0 Å². The second kappa shape index (κ2) is 7.09. The molecule has 0 fully saturated rings. The zero-order valence-corrected chi connectivity index (χ0v) is 15.3. The molecule has 8 heteroatoms. The Labute approximate surface area is 160 Å². The summed E-state index contributed by atoms with van der Waals surface area (Å²) in [4.78, 5) is 12.5. The number of carbonyl (C=O) groups is 1. The standard InChI is InChI=1S/C19H17ClFN5O/c1-11-18(24-25-26(11)17-5-4-15(20)7-16(17)21)19(27)23-8-12-2-3-13-9-22-10-14(13)6-12/h2-7,22H,8-10H2,1H3,(H,23,27). The van der Waals surface area contributed by atoms with Crippen molar-refractivity contribution in [2.24, 2.45) is 0 Å². The highest BCUT2D eigenvalue weighted by Gasteiger charge is 2.19. The van der Waals surface area contributed by atoms with E-state index in [1.807, 2.05) is 6.07 Å². The summed E-state index contributed by atoms with van der Waals surface area (Å²) in [7, 11) is 0. The molecule has 0 unspecified atom stereocenters. The first-order valence-electron chi connectivity index (χ1n) is 8.50. The molecule has 3 aromatic rings. The number of hydrogen-bond acceptors (Lipinski definition) is 4. The molecule has 0 saturated heterocycles. The SMILES string of the molecule is Cc1c(C(=O)NCc2ccc3c(c2)CNC3)nnn1-c1ccc(Cl)cc1F. The van der Waals surface area contributed by atoms with Gasteiger partial charge in [-0.15, -0.1) is 5.10 Å². The second-order valence-corrected chi connectivity index (χ2v) is 6.86. The van der Waals surface area contributed by atoms with Crippen LogP contribution in [0.25, 0.3) is 5.69 Å². The van der Waals surface area contributed by atoms with Crippen molar-refractivity contribution in [2.45, 2.75) is 26.6 Å². The van der Waals surface area contributed by atoms with Crippen LogP contribution in [0.4, 0.5) is 4.39 Å². The lowest BCUT2D eigenvalue weighted by Gasteiger charge is -2.07. The van der Waals surface area contributed by atoms with Gasteiger partial charge in [0.05, 0.1) is 5.69 Å². The average Bonchev–Trinajstić information content (AvgIpc) is 3.26. The molecule has 0 saturated carbocycles. The number of nitrogens with zero attached hydrogens (tertiary/aromatic N) is 3. The number of nitrogens with one attached hydrogen (secondary N) is 2. The Morgan fingerprint density at radius 3 is 2.89 bits per heavy atom. The Morgan fingerprint density at radius 2 is 2.07 bits per heavy atom. The van der Waals surface area contributed by atoms with Crippen LogP contribution in [-0.2, 0) is 19.6 Å². The summed E-state index contributed by atoms with van der Waals surface area (Å²) in [6, 6.07) is 10.4. The predicted molar refractivity (Wildman–Crippen MR) is 99.2 cm³/mol. The van der Waals surface area contributed by atoms with E-state index in [2.05, 4.69) is 33.1 Å². The van der Waals surface area contributed by atoms with Crippen LogP contribution in [0.2, 0.25) is 5.02 Å². The molecule has 2 heterocycles. The Morgan fingerprint density at radius 1 is 1.26 bits per heavy atom. The molecule has 0 bridgehead atoms. The summed E-state index contributed by atoms with van der Waals surface area (Å²) in [6.45, 7) is 3.78. The quantitative estimate of drug-likeness (QED) is 0.724. The topological polar surface area (TPSA) is 71.8 Å². The Balaban J connectivity index is 1.50. The van der Waals surface area contributed by atoms with Crippen molar-refractivity contribution < 1.29 is 9.18 Å². The fraction of sp³-hybridized carbons (Fsp3) is 0.211. The smallest absolute Gasteiger partial charge is 0.274 e. The third-order valence-electron chi connectivity index (χ3n) is 4.60. The van der Waals surface area contributed by atoms with Crippen LogP contribution < -0.4 is 10.6 Å². The highest BCUT2D eigenvalue weighted by molar-refractivity contribution is 6.30. The molecule has 1 aromatic heterocycles. The van der Waals surface area contributed by atoms with Crippen LogP contribution in [0.15, 0.2) is 36.4 Å². The average molecular weight is 386 g/mol. The predicted octanol–water partition coefficient (Wildman–Crippen LogP) is 2.90. The first-order valence-corrected chi connectivity index (χ1v) is 8.88. The van der Waals surface area contributed by atoms with Gasteiger partial charge in [-0.2, -0.15) is 0 Å². The molecule has 27 heavy (non-hydrogen) atoms. The van der Waals surface area contributed by atoms with Gasteiger partial charge in [0.25, 0.3) is 5.91 Å². The minimum atomic E-state index is -0.533. The van der Waals surface area contributed by atoms with Gasteiger partial charge in [-0.3, -0.25) is 4.79 Å². The molecule has 0 radical (unpaired) electrons. The molecule has 138 valence electrons. The maximum Gasteiger partial charge on any atom is 0.274 e. The summed E-state index contributed by atoms with van der Waals surface area (Å²) < 4.78 is 15.4. The molecular formula is C19H17ClFN5O. The van der Waals surface area contributed by atoms with Gasteiger partial charge in [-0.25, -0.2) is 9.07 Å². The normalized spacial score (nSPS) is 12.9. The fourth-order valence-corrected chi connectivity index (χ4v) is 3.30. The Kier molecular flexibility index (Phi) is 4.63.